The zero-order chi connectivity index (χ0) is 23.2. The fourth-order valence-corrected chi connectivity index (χ4v) is 3.80. The molecule has 0 bridgehead atoms. The van der Waals surface area contributed by atoms with Crippen LogP contribution in [0.5, 0.6) is 0 Å². The van der Waals surface area contributed by atoms with Gasteiger partial charge in [-0.1, -0.05) is 48.4 Å². The number of ketones is 1. The molecule has 1 amide bonds. The van der Waals surface area contributed by atoms with Crippen molar-refractivity contribution in [1.29, 1.82) is 0 Å². The van der Waals surface area contributed by atoms with Crippen molar-refractivity contribution in [3.63, 3.8) is 0 Å². The molecule has 6 nitrogen and oxygen atoms in total. The molecule has 1 N–H and O–H groups in total. The molecule has 0 unspecified atom stereocenters. The quantitative estimate of drug-likeness (QED) is 0.279. The lowest BCUT2D eigenvalue weighted by Crippen LogP contribution is -2.34. The van der Waals surface area contributed by atoms with E-state index in [0.717, 1.165) is 30.3 Å². The molecule has 0 radical (unpaired) electrons. The van der Waals surface area contributed by atoms with E-state index < -0.39 is 11.8 Å². The van der Waals surface area contributed by atoms with Gasteiger partial charge in [0.25, 0.3) is 0 Å². The van der Waals surface area contributed by atoms with Crippen molar-refractivity contribution in [2.75, 3.05) is 6.54 Å². The minimum Gasteiger partial charge on any atom is -0.407 e. The first kappa shape index (κ1) is 22.6. The van der Waals surface area contributed by atoms with Crippen molar-refractivity contribution < 1.29 is 14.0 Å². The summed E-state index contributed by atoms with van der Waals surface area (Å²) in [6.07, 6.45) is 3.80. The third-order valence-electron chi connectivity index (χ3n) is 5.41. The van der Waals surface area contributed by atoms with Crippen LogP contribution in [0.1, 0.15) is 40.7 Å². The Labute approximate surface area is 195 Å². The lowest BCUT2D eigenvalue weighted by Gasteiger charge is -2.06. The molecule has 1 aromatic heterocycles. The zero-order valence-corrected chi connectivity index (χ0v) is 18.7. The summed E-state index contributed by atoms with van der Waals surface area (Å²) in [4.78, 5) is 37.6. The van der Waals surface area contributed by atoms with Crippen molar-refractivity contribution in [1.82, 2.24) is 9.88 Å². The average Bonchev–Trinajstić information content (AvgIpc) is 3.16. The van der Waals surface area contributed by atoms with E-state index in [2.05, 4.69) is 17.4 Å². The number of rotatable bonds is 8. The number of aromatic nitrogens is 1. The first-order valence-electron chi connectivity index (χ1n) is 10.8. The highest BCUT2D eigenvalue weighted by Gasteiger charge is 2.18. The van der Waals surface area contributed by atoms with Gasteiger partial charge in [0.15, 0.2) is 11.4 Å². The Balaban J connectivity index is 1.37. The summed E-state index contributed by atoms with van der Waals surface area (Å²) in [5, 5.41) is 3.30. The Kier molecular flexibility index (Phi) is 7.05. The molecular weight excluding hydrogens is 440 g/mol. The van der Waals surface area contributed by atoms with Crippen molar-refractivity contribution >= 4 is 34.5 Å². The van der Waals surface area contributed by atoms with E-state index >= 15 is 0 Å². The summed E-state index contributed by atoms with van der Waals surface area (Å²) in [5.74, 6) is -1.02. The normalized spacial score (nSPS) is 10.9. The molecule has 0 saturated heterocycles. The molecule has 168 valence electrons. The maximum absolute atomic E-state index is 12.7. The molecule has 0 aliphatic rings. The first-order chi connectivity index (χ1) is 16.0. The summed E-state index contributed by atoms with van der Waals surface area (Å²) in [7, 11) is 0. The van der Waals surface area contributed by atoms with E-state index in [1.807, 2.05) is 18.2 Å². The van der Waals surface area contributed by atoms with Crippen LogP contribution in [0, 0.1) is 0 Å². The van der Waals surface area contributed by atoms with Crippen LogP contribution in [0.15, 0.2) is 82.0 Å². The second-order valence-electron chi connectivity index (χ2n) is 7.75. The van der Waals surface area contributed by atoms with Gasteiger partial charge in [0.1, 0.15) is 0 Å². The molecule has 0 saturated carbocycles. The van der Waals surface area contributed by atoms with Gasteiger partial charge < -0.3 is 9.73 Å². The molecule has 4 aromatic rings. The van der Waals surface area contributed by atoms with E-state index in [1.54, 1.807) is 36.4 Å². The van der Waals surface area contributed by atoms with Crippen molar-refractivity contribution in [2.45, 2.75) is 25.7 Å². The summed E-state index contributed by atoms with van der Waals surface area (Å²) >= 11 is 5.88. The van der Waals surface area contributed by atoms with Crippen molar-refractivity contribution in [2.24, 2.45) is 0 Å². The number of oxazole rings is 1. The van der Waals surface area contributed by atoms with Crippen molar-refractivity contribution in [3.8, 4) is 0 Å². The van der Waals surface area contributed by atoms with Crippen LogP contribution in [0.2, 0.25) is 5.02 Å². The minimum absolute atomic E-state index is 0.179. The molecule has 1 heterocycles. The number of amides is 1. The van der Waals surface area contributed by atoms with Gasteiger partial charge in [-0.15, -0.1) is 0 Å². The second-order valence-corrected chi connectivity index (χ2v) is 8.19. The van der Waals surface area contributed by atoms with E-state index in [0.29, 0.717) is 28.2 Å². The second kappa shape index (κ2) is 10.3. The van der Waals surface area contributed by atoms with Gasteiger partial charge in [-0.3, -0.25) is 4.79 Å². The number of hydrogen-bond donors (Lipinski definition) is 1. The summed E-state index contributed by atoms with van der Waals surface area (Å²) in [6.45, 7) is 0.458. The molecule has 4 rings (SSSR count). The van der Waals surface area contributed by atoms with E-state index in [4.69, 9.17) is 16.0 Å². The third kappa shape index (κ3) is 5.41. The highest BCUT2D eigenvalue weighted by Crippen LogP contribution is 2.19. The Morgan fingerprint density at radius 2 is 1.61 bits per heavy atom. The monoisotopic (exact) mass is 462 g/mol. The van der Waals surface area contributed by atoms with Crippen LogP contribution in [0.3, 0.4) is 0 Å². The number of carbonyl (C=O) groups excluding carboxylic acids is 2. The summed E-state index contributed by atoms with van der Waals surface area (Å²) < 4.78 is 6.19. The molecule has 0 atom stereocenters. The summed E-state index contributed by atoms with van der Waals surface area (Å²) in [6, 6.07) is 20.8. The number of carbonyl (C=O) groups is 2. The number of hydrogen-bond acceptors (Lipinski definition) is 4. The van der Waals surface area contributed by atoms with Crippen LogP contribution in [-0.2, 0) is 6.42 Å². The highest BCUT2D eigenvalue weighted by molar-refractivity contribution is 6.30. The minimum atomic E-state index is -0.789. The van der Waals surface area contributed by atoms with Gasteiger partial charge in [-0.25, -0.2) is 9.59 Å². The SMILES string of the molecule is O=C(c1ccc(Cl)cc1)c1ccc2c(c1)oc(=O)n2C(=O)NCCCCCc1ccccc1. The van der Waals surface area contributed by atoms with Gasteiger partial charge in [0.05, 0.1) is 5.52 Å². The largest absolute Gasteiger partial charge is 0.428 e. The van der Waals surface area contributed by atoms with Crippen LogP contribution in [0.4, 0.5) is 4.79 Å². The van der Waals surface area contributed by atoms with E-state index in [9.17, 15) is 14.4 Å². The topological polar surface area (TPSA) is 81.3 Å². The van der Waals surface area contributed by atoms with Crippen molar-refractivity contribution in [3.05, 3.63) is 105 Å². The average molecular weight is 463 g/mol. The predicted octanol–water partition coefficient (Wildman–Crippen LogP) is 5.45. The maximum Gasteiger partial charge on any atom is 0.428 e. The van der Waals surface area contributed by atoms with E-state index in [-0.39, 0.29) is 11.4 Å². The predicted molar refractivity (Wildman–Crippen MR) is 128 cm³/mol. The molecule has 0 aliphatic heterocycles. The number of fused-ring (bicyclic) bond motifs is 1. The number of halogens is 1. The number of unbranched alkanes of at least 4 members (excludes halogenated alkanes) is 2. The van der Waals surface area contributed by atoms with Gasteiger partial charge in [-0.05, 0) is 67.3 Å². The lowest BCUT2D eigenvalue weighted by molar-refractivity contribution is 0.103. The fraction of sp³-hybridized carbons (Fsp3) is 0.192. The molecular formula is C26H23ClN2O4. The molecule has 0 aliphatic carbocycles. The Morgan fingerprint density at radius 3 is 2.36 bits per heavy atom. The van der Waals surface area contributed by atoms with Crippen LogP contribution in [-0.4, -0.2) is 22.9 Å². The van der Waals surface area contributed by atoms with Crippen LogP contribution in [0.25, 0.3) is 11.1 Å². The Morgan fingerprint density at radius 1 is 0.879 bits per heavy atom. The smallest absolute Gasteiger partial charge is 0.407 e. The van der Waals surface area contributed by atoms with Crippen LogP contribution >= 0.6 is 11.6 Å². The van der Waals surface area contributed by atoms with Gasteiger partial charge >= 0.3 is 11.8 Å². The number of benzene rings is 3. The standard InChI is InChI=1S/C26H23ClN2O4/c27-21-13-10-19(11-14-21)24(30)20-12-15-22-23(17-20)33-26(32)29(22)25(31)28-16-6-2-5-9-18-7-3-1-4-8-18/h1,3-4,7-8,10-15,17H,2,5-6,9,16H2,(H,28,31). The summed E-state index contributed by atoms with van der Waals surface area (Å²) in [5.41, 5.74) is 2.61. The zero-order valence-electron chi connectivity index (χ0n) is 17.9. The molecule has 33 heavy (non-hydrogen) atoms. The first-order valence-corrected chi connectivity index (χ1v) is 11.2. The number of nitrogens with zero attached hydrogens (tertiary/aromatic N) is 1. The fourth-order valence-electron chi connectivity index (χ4n) is 3.67. The van der Waals surface area contributed by atoms with Gasteiger partial charge in [-0.2, -0.15) is 4.57 Å². The van der Waals surface area contributed by atoms with Crippen LogP contribution < -0.4 is 11.1 Å². The Hall–Kier alpha value is -3.64. The third-order valence-corrected chi connectivity index (χ3v) is 5.67. The molecule has 7 heteroatoms. The number of aryl methyl sites for hydroxylation is 1. The van der Waals surface area contributed by atoms with Gasteiger partial charge in [0, 0.05) is 22.7 Å². The Bertz CT molecular complexity index is 1320. The van der Waals surface area contributed by atoms with Gasteiger partial charge in [0.2, 0.25) is 0 Å². The van der Waals surface area contributed by atoms with E-state index in [1.165, 1.54) is 11.6 Å². The molecule has 3 aromatic carbocycles. The molecule has 0 fully saturated rings. The lowest BCUT2D eigenvalue weighted by atomic mass is 10.0. The number of nitrogens with one attached hydrogen (secondary N) is 1. The maximum atomic E-state index is 12.7. The highest BCUT2D eigenvalue weighted by atomic mass is 35.5. The molecule has 0 spiro atoms.